The van der Waals surface area contributed by atoms with Gasteiger partial charge < -0.3 is 5.32 Å². The molecular formula is C22H15F2N3O2. The second kappa shape index (κ2) is 7.27. The van der Waals surface area contributed by atoms with Gasteiger partial charge >= 0.3 is 0 Å². The Hall–Kier alpha value is -3.87. The molecule has 0 spiro atoms. The van der Waals surface area contributed by atoms with E-state index in [4.69, 9.17) is 0 Å². The summed E-state index contributed by atoms with van der Waals surface area (Å²) < 4.78 is 29.0. The van der Waals surface area contributed by atoms with E-state index < -0.39 is 23.1 Å². The lowest BCUT2D eigenvalue weighted by Crippen LogP contribution is -2.22. The standard InChI is InChI=1S/C22H15F2N3O2/c1-13-25-19-8-3-2-5-16(19)22(29)27(13)15-11-9-14(10-12-15)26-21(28)20-17(23)6-4-7-18(20)24/h2-12H,1H3,(H,26,28). The Kier molecular flexibility index (Phi) is 4.64. The van der Waals surface area contributed by atoms with Crippen molar-refractivity contribution in [3.05, 3.63) is 100 Å². The molecule has 0 aliphatic heterocycles. The first kappa shape index (κ1) is 18.5. The molecule has 1 amide bonds. The van der Waals surface area contributed by atoms with Crippen LogP contribution in [0.15, 0.2) is 71.5 Å². The molecule has 0 saturated heterocycles. The Bertz CT molecular complexity index is 1280. The predicted octanol–water partition coefficient (Wildman–Crippen LogP) is 4.22. The molecule has 0 unspecified atom stereocenters. The van der Waals surface area contributed by atoms with Gasteiger partial charge in [0.1, 0.15) is 23.0 Å². The summed E-state index contributed by atoms with van der Waals surface area (Å²) in [5.74, 6) is -2.26. The van der Waals surface area contributed by atoms with Crippen molar-refractivity contribution in [2.75, 3.05) is 5.32 Å². The van der Waals surface area contributed by atoms with Gasteiger partial charge in [0.2, 0.25) is 0 Å². The molecule has 7 heteroatoms. The summed E-state index contributed by atoms with van der Waals surface area (Å²) in [6.45, 7) is 1.73. The molecule has 4 rings (SSSR count). The fourth-order valence-electron chi connectivity index (χ4n) is 3.15. The number of anilines is 1. The number of carbonyl (C=O) groups excluding carboxylic acids is 1. The second-order valence-corrected chi connectivity index (χ2v) is 6.41. The van der Waals surface area contributed by atoms with E-state index in [1.165, 1.54) is 10.6 Å². The first-order chi connectivity index (χ1) is 14.0. The van der Waals surface area contributed by atoms with Gasteiger partial charge in [-0.05, 0) is 55.5 Å². The maximum Gasteiger partial charge on any atom is 0.265 e. The van der Waals surface area contributed by atoms with Gasteiger partial charge in [0, 0.05) is 5.69 Å². The molecule has 29 heavy (non-hydrogen) atoms. The minimum Gasteiger partial charge on any atom is -0.322 e. The van der Waals surface area contributed by atoms with Crippen LogP contribution in [0.4, 0.5) is 14.5 Å². The van der Waals surface area contributed by atoms with Gasteiger partial charge in [-0.25, -0.2) is 13.8 Å². The molecule has 1 aromatic heterocycles. The predicted molar refractivity (Wildman–Crippen MR) is 106 cm³/mol. The number of benzene rings is 3. The highest BCUT2D eigenvalue weighted by atomic mass is 19.1. The normalized spacial score (nSPS) is 10.9. The lowest BCUT2D eigenvalue weighted by molar-refractivity contribution is 0.101. The zero-order valence-electron chi connectivity index (χ0n) is 15.3. The zero-order chi connectivity index (χ0) is 20.5. The smallest absolute Gasteiger partial charge is 0.265 e. The molecule has 0 aliphatic carbocycles. The number of nitrogens with one attached hydrogen (secondary N) is 1. The van der Waals surface area contributed by atoms with Crippen molar-refractivity contribution in [3.63, 3.8) is 0 Å². The molecule has 0 atom stereocenters. The molecule has 0 bridgehead atoms. The maximum absolute atomic E-state index is 13.8. The molecule has 1 N–H and O–H groups in total. The molecule has 1 heterocycles. The Labute approximate surface area is 164 Å². The molecule has 3 aromatic carbocycles. The average molecular weight is 391 g/mol. The van der Waals surface area contributed by atoms with Gasteiger partial charge in [0.15, 0.2) is 0 Å². The van der Waals surface area contributed by atoms with E-state index in [0.717, 1.165) is 12.1 Å². The summed E-state index contributed by atoms with van der Waals surface area (Å²) in [6.07, 6.45) is 0. The van der Waals surface area contributed by atoms with Gasteiger partial charge in [-0.15, -0.1) is 0 Å². The SMILES string of the molecule is Cc1nc2ccccc2c(=O)n1-c1ccc(NC(=O)c2c(F)cccc2F)cc1. The highest BCUT2D eigenvalue weighted by molar-refractivity contribution is 6.04. The third-order valence-corrected chi connectivity index (χ3v) is 4.52. The summed E-state index contributed by atoms with van der Waals surface area (Å²) in [5, 5.41) is 2.95. The third kappa shape index (κ3) is 3.38. The molecule has 4 aromatic rings. The number of nitrogens with zero attached hydrogens (tertiary/aromatic N) is 2. The number of aromatic nitrogens is 2. The van der Waals surface area contributed by atoms with Crippen molar-refractivity contribution < 1.29 is 13.6 Å². The van der Waals surface area contributed by atoms with Crippen LogP contribution >= 0.6 is 0 Å². The number of hydrogen-bond acceptors (Lipinski definition) is 3. The zero-order valence-corrected chi connectivity index (χ0v) is 15.3. The molecule has 0 radical (unpaired) electrons. The van der Waals surface area contributed by atoms with Crippen LogP contribution in [0.1, 0.15) is 16.2 Å². The summed E-state index contributed by atoms with van der Waals surface area (Å²) in [7, 11) is 0. The van der Waals surface area contributed by atoms with Gasteiger partial charge in [0.25, 0.3) is 11.5 Å². The lowest BCUT2D eigenvalue weighted by atomic mass is 10.1. The summed E-state index contributed by atoms with van der Waals surface area (Å²) >= 11 is 0. The van der Waals surface area contributed by atoms with Gasteiger partial charge in [-0.2, -0.15) is 0 Å². The van der Waals surface area contributed by atoms with Crippen molar-refractivity contribution in [2.24, 2.45) is 0 Å². The van der Waals surface area contributed by atoms with Crippen LogP contribution < -0.4 is 10.9 Å². The molecule has 0 aliphatic rings. The van der Waals surface area contributed by atoms with Crippen molar-refractivity contribution in [1.29, 1.82) is 0 Å². The number of hydrogen-bond donors (Lipinski definition) is 1. The van der Waals surface area contributed by atoms with Gasteiger partial charge in [-0.1, -0.05) is 18.2 Å². The third-order valence-electron chi connectivity index (χ3n) is 4.52. The summed E-state index contributed by atoms with van der Waals surface area (Å²) in [6, 6.07) is 16.6. The van der Waals surface area contributed by atoms with E-state index in [0.29, 0.717) is 28.1 Å². The molecule has 5 nitrogen and oxygen atoms in total. The van der Waals surface area contributed by atoms with Gasteiger partial charge in [-0.3, -0.25) is 14.2 Å². The Morgan fingerprint density at radius 2 is 1.59 bits per heavy atom. The second-order valence-electron chi connectivity index (χ2n) is 6.41. The van der Waals surface area contributed by atoms with Crippen LogP contribution in [0.2, 0.25) is 0 Å². The first-order valence-electron chi connectivity index (χ1n) is 8.80. The van der Waals surface area contributed by atoms with E-state index in [1.54, 1.807) is 49.4 Å². The van der Waals surface area contributed by atoms with Crippen molar-refractivity contribution in [2.45, 2.75) is 6.92 Å². The first-order valence-corrected chi connectivity index (χ1v) is 8.80. The van der Waals surface area contributed by atoms with Crippen LogP contribution in [0.25, 0.3) is 16.6 Å². The van der Waals surface area contributed by atoms with Crippen LogP contribution in [-0.4, -0.2) is 15.5 Å². The van der Waals surface area contributed by atoms with Gasteiger partial charge in [0.05, 0.1) is 16.6 Å². The minimum absolute atomic E-state index is 0.210. The molecule has 0 saturated carbocycles. The van der Waals surface area contributed by atoms with E-state index in [9.17, 15) is 18.4 Å². The van der Waals surface area contributed by atoms with Crippen LogP contribution in [-0.2, 0) is 0 Å². The van der Waals surface area contributed by atoms with E-state index in [-0.39, 0.29) is 5.56 Å². The van der Waals surface area contributed by atoms with Crippen molar-refractivity contribution >= 4 is 22.5 Å². The maximum atomic E-state index is 13.8. The minimum atomic E-state index is -0.941. The highest BCUT2D eigenvalue weighted by Gasteiger charge is 2.17. The van der Waals surface area contributed by atoms with Crippen LogP contribution in [0, 0.1) is 18.6 Å². The Morgan fingerprint density at radius 1 is 0.931 bits per heavy atom. The van der Waals surface area contributed by atoms with Crippen molar-refractivity contribution in [3.8, 4) is 5.69 Å². The summed E-state index contributed by atoms with van der Waals surface area (Å²) in [5.41, 5.74) is 0.643. The number of halogens is 2. The number of fused-ring (bicyclic) bond motifs is 1. The average Bonchev–Trinajstić information content (AvgIpc) is 2.69. The number of amides is 1. The largest absolute Gasteiger partial charge is 0.322 e. The number of rotatable bonds is 3. The Balaban J connectivity index is 1.66. The fourth-order valence-corrected chi connectivity index (χ4v) is 3.15. The van der Waals surface area contributed by atoms with E-state index in [2.05, 4.69) is 10.3 Å². The monoisotopic (exact) mass is 391 g/mol. The molecular weight excluding hydrogens is 376 g/mol. The fraction of sp³-hybridized carbons (Fsp3) is 0.0455. The molecule has 144 valence electrons. The number of para-hydroxylation sites is 1. The Morgan fingerprint density at radius 3 is 2.28 bits per heavy atom. The number of carbonyl (C=O) groups is 1. The molecule has 0 fully saturated rings. The van der Waals surface area contributed by atoms with Crippen LogP contribution in [0.5, 0.6) is 0 Å². The topological polar surface area (TPSA) is 64.0 Å². The number of aryl methyl sites for hydroxylation is 1. The van der Waals surface area contributed by atoms with E-state index >= 15 is 0 Å². The lowest BCUT2D eigenvalue weighted by Gasteiger charge is -2.12. The quantitative estimate of drug-likeness (QED) is 0.569. The highest BCUT2D eigenvalue weighted by Crippen LogP contribution is 2.18. The van der Waals surface area contributed by atoms with E-state index in [1.807, 2.05) is 6.07 Å². The van der Waals surface area contributed by atoms with Crippen LogP contribution in [0.3, 0.4) is 0 Å². The summed E-state index contributed by atoms with van der Waals surface area (Å²) in [4.78, 5) is 29.5. The van der Waals surface area contributed by atoms with Crippen molar-refractivity contribution in [1.82, 2.24) is 9.55 Å².